The minimum atomic E-state index is -0.0967. The Balaban J connectivity index is 1.40. The number of aromatic nitrogens is 5. The average Bonchev–Trinajstić information content (AvgIpc) is 3.25. The molecule has 34 heavy (non-hydrogen) atoms. The number of hydrogen-bond acceptors (Lipinski definition) is 7. The van der Waals surface area contributed by atoms with E-state index in [0.717, 1.165) is 42.4 Å². The van der Waals surface area contributed by atoms with Crippen LogP contribution < -0.4 is 16.2 Å². The maximum atomic E-state index is 13.1. The number of nitrogens with one attached hydrogen (secondary N) is 2. The summed E-state index contributed by atoms with van der Waals surface area (Å²) >= 11 is 1.56. The van der Waals surface area contributed by atoms with Crippen molar-refractivity contribution in [1.29, 1.82) is 0 Å². The molecule has 0 unspecified atom stereocenters. The Morgan fingerprint density at radius 2 is 2.03 bits per heavy atom. The van der Waals surface area contributed by atoms with Crippen LogP contribution in [0.15, 0.2) is 34.6 Å². The Morgan fingerprint density at radius 1 is 1.21 bits per heavy atom. The van der Waals surface area contributed by atoms with Crippen molar-refractivity contribution in [2.24, 2.45) is 0 Å². The topological polar surface area (TPSA) is 89.7 Å². The molecule has 1 aliphatic carbocycles. The minimum Gasteiger partial charge on any atom is -0.324 e. The normalized spacial score (nSPS) is 18.1. The largest absolute Gasteiger partial charge is 0.324 e. The third-order valence-electron chi connectivity index (χ3n) is 7.24. The lowest BCUT2D eigenvalue weighted by atomic mass is 9.79. The Hall–Kier alpha value is -3.04. The molecule has 4 aromatic rings. The molecule has 3 aromatic heterocycles. The van der Waals surface area contributed by atoms with Gasteiger partial charge in [0.1, 0.15) is 5.39 Å². The number of rotatable bonds is 5. The van der Waals surface area contributed by atoms with E-state index in [1.54, 1.807) is 22.2 Å². The first kappa shape index (κ1) is 21.5. The summed E-state index contributed by atoms with van der Waals surface area (Å²) in [5, 5.41) is 10.2. The molecule has 9 heteroatoms. The van der Waals surface area contributed by atoms with Gasteiger partial charge in [-0.25, -0.2) is 19.3 Å². The molecular formula is C25H29N7OS. The summed E-state index contributed by atoms with van der Waals surface area (Å²) in [6.07, 6.45) is 3.94. The molecule has 2 N–H and O–H groups in total. The van der Waals surface area contributed by atoms with Crippen molar-refractivity contribution >= 4 is 34.0 Å². The lowest BCUT2D eigenvalue weighted by molar-refractivity contribution is 0.435. The van der Waals surface area contributed by atoms with Crippen LogP contribution in [0.2, 0.25) is 0 Å². The molecule has 0 saturated heterocycles. The second-order valence-corrected chi connectivity index (χ2v) is 11.2. The zero-order chi connectivity index (χ0) is 23.7. The van der Waals surface area contributed by atoms with Crippen LogP contribution in [0, 0.1) is 0 Å². The van der Waals surface area contributed by atoms with Gasteiger partial charge in [-0.15, -0.1) is 11.3 Å². The van der Waals surface area contributed by atoms with Gasteiger partial charge in [-0.05, 0) is 43.0 Å². The minimum absolute atomic E-state index is 0.0967. The van der Waals surface area contributed by atoms with Crippen LogP contribution in [0.3, 0.4) is 0 Å². The summed E-state index contributed by atoms with van der Waals surface area (Å²) in [6, 6.07) is 6.42. The molecule has 8 nitrogen and oxygen atoms in total. The van der Waals surface area contributed by atoms with Crippen LogP contribution in [-0.2, 0) is 23.9 Å². The van der Waals surface area contributed by atoms with Crippen molar-refractivity contribution in [1.82, 2.24) is 29.6 Å². The molecule has 0 atom stereocenters. The van der Waals surface area contributed by atoms with Gasteiger partial charge in [-0.1, -0.05) is 26.8 Å². The quantitative estimate of drug-likeness (QED) is 0.449. The van der Waals surface area contributed by atoms with E-state index in [9.17, 15) is 4.79 Å². The van der Waals surface area contributed by atoms with Crippen LogP contribution in [0.4, 0.5) is 11.6 Å². The van der Waals surface area contributed by atoms with Crippen molar-refractivity contribution in [2.45, 2.75) is 64.5 Å². The molecule has 1 saturated carbocycles. The zero-order valence-corrected chi connectivity index (χ0v) is 20.8. The van der Waals surface area contributed by atoms with Gasteiger partial charge < -0.3 is 10.6 Å². The van der Waals surface area contributed by atoms with E-state index in [2.05, 4.69) is 60.0 Å². The SMILES string of the molecule is CCn1c(=O)c2cnc(Nc3ccc4c(c3)CNCC4(C)C)nc2n1-c1nc(C2(C)CC2)cs1. The molecule has 6 rings (SSSR count). The summed E-state index contributed by atoms with van der Waals surface area (Å²) in [5.74, 6) is 0.461. The summed E-state index contributed by atoms with van der Waals surface area (Å²) < 4.78 is 3.54. The predicted octanol–water partition coefficient (Wildman–Crippen LogP) is 4.23. The maximum Gasteiger partial charge on any atom is 0.278 e. The summed E-state index contributed by atoms with van der Waals surface area (Å²) in [5.41, 5.74) is 5.43. The van der Waals surface area contributed by atoms with Crippen molar-refractivity contribution < 1.29 is 0 Å². The molecule has 2 aliphatic rings. The fraction of sp³-hybridized carbons (Fsp3) is 0.440. The Bertz CT molecular complexity index is 1470. The molecule has 0 spiro atoms. The standard InChI is InChI=1S/C25H29N7OS/c1-5-31-21(33)17-12-27-22(28-16-6-7-18-15(10-16)11-26-14-24(18,2)3)30-20(17)32(31)23-29-19(13-34-23)25(4)8-9-25/h6-7,10,12-13,26H,5,8-9,11,14H2,1-4H3,(H,27,28,30). The van der Waals surface area contributed by atoms with Crippen LogP contribution in [-0.4, -0.2) is 30.9 Å². The number of nitrogens with zero attached hydrogens (tertiary/aromatic N) is 5. The van der Waals surface area contributed by atoms with Crippen LogP contribution in [0.1, 0.15) is 57.4 Å². The second-order valence-electron chi connectivity index (χ2n) is 10.3. The number of hydrogen-bond donors (Lipinski definition) is 2. The van der Waals surface area contributed by atoms with Crippen molar-refractivity contribution in [3.63, 3.8) is 0 Å². The van der Waals surface area contributed by atoms with Gasteiger partial charge in [0.15, 0.2) is 5.65 Å². The number of thiazole rings is 1. The summed E-state index contributed by atoms with van der Waals surface area (Å²) in [4.78, 5) is 27.2. The molecule has 4 heterocycles. The van der Waals surface area contributed by atoms with Gasteiger partial charge in [0, 0.05) is 47.7 Å². The zero-order valence-electron chi connectivity index (χ0n) is 20.0. The fourth-order valence-corrected chi connectivity index (χ4v) is 5.85. The van der Waals surface area contributed by atoms with Crippen molar-refractivity contribution in [3.8, 4) is 5.13 Å². The number of anilines is 2. The van der Waals surface area contributed by atoms with E-state index < -0.39 is 0 Å². The first-order valence-electron chi connectivity index (χ1n) is 11.9. The van der Waals surface area contributed by atoms with E-state index in [1.165, 1.54) is 11.1 Å². The lowest BCUT2D eigenvalue weighted by Gasteiger charge is -2.33. The summed E-state index contributed by atoms with van der Waals surface area (Å²) in [6.45, 7) is 11.1. The first-order valence-corrected chi connectivity index (χ1v) is 12.7. The predicted molar refractivity (Wildman–Crippen MR) is 136 cm³/mol. The third-order valence-corrected chi connectivity index (χ3v) is 8.06. The Kier molecular flexibility index (Phi) is 4.73. The highest BCUT2D eigenvalue weighted by atomic mass is 32.1. The van der Waals surface area contributed by atoms with E-state index >= 15 is 0 Å². The smallest absolute Gasteiger partial charge is 0.278 e. The van der Waals surface area contributed by atoms with E-state index in [1.807, 2.05) is 11.6 Å². The molecule has 0 radical (unpaired) electrons. The molecule has 1 aromatic carbocycles. The average molecular weight is 476 g/mol. The molecule has 176 valence electrons. The van der Waals surface area contributed by atoms with E-state index in [0.29, 0.717) is 23.5 Å². The Morgan fingerprint density at radius 3 is 2.79 bits per heavy atom. The molecule has 1 aliphatic heterocycles. The van der Waals surface area contributed by atoms with Crippen LogP contribution >= 0.6 is 11.3 Å². The third kappa shape index (κ3) is 3.37. The van der Waals surface area contributed by atoms with Crippen LogP contribution in [0.25, 0.3) is 16.2 Å². The van der Waals surface area contributed by atoms with Gasteiger partial charge in [-0.3, -0.25) is 4.79 Å². The van der Waals surface area contributed by atoms with Gasteiger partial charge >= 0.3 is 0 Å². The lowest BCUT2D eigenvalue weighted by Crippen LogP contribution is -2.38. The van der Waals surface area contributed by atoms with Gasteiger partial charge in [0.2, 0.25) is 11.1 Å². The molecular weight excluding hydrogens is 446 g/mol. The number of benzene rings is 1. The molecule has 0 amide bonds. The highest BCUT2D eigenvalue weighted by molar-refractivity contribution is 7.12. The van der Waals surface area contributed by atoms with Gasteiger partial charge in [0.05, 0.1) is 5.69 Å². The van der Waals surface area contributed by atoms with E-state index in [-0.39, 0.29) is 16.4 Å². The maximum absolute atomic E-state index is 13.1. The fourth-order valence-electron chi connectivity index (χ4n) is 4.86. The first-order chi connectivity index (χ1) is 16.3. The van der Waals surface area contributed by atoms with Crippen molar-refractivity contribution in [2.75, 3.05) is 11.9 Å². The monoisotopic (exact) mass is 475 g/mol. The van der Waals surface area contributed by atoms with Gasteiger partial charge in [-0.2, -0.15) is 4.98 Å². The molecule has 1 fully saturated rings. The second kappa shape index (κ2) is 7.48. The summed E-state index contributed by atoms with van der Waals surface area (Å²) in [7, 11) is 0. The van der Waals surface area contributed by atoms with Crippen LogP contribution in [0.5, 0.6) is 0 Å². The highest BCUT2D eigenvalue weighted by Gasteiger charge is 2.41. The van der Waals surface area contributed by atoms with Gasteiger partial charge in [0.25, 0.3) is 5.56 Å². The van der Waals surface area contributed by atoms with Crippen molar-refractivity contribution in [3.05, 3.63) is 57.0 Å². The number of fused-ring (bicyclic) bond motifs is 2. The van der Waals surface area contributed by atoms with E-state index in [4.69, 9.17) is 9.97 Å². The molecule has 0 bridgehead atoms. The Labute approximate surface area is 202 Å². The highest BCUT2D eigenvalue weighted by Crippen LogP contribution is 2.47.